The summed E-state index contributed by atoms with van der Waals surface area (Å²) in [4.78, 5) is 10.5. The second-order valence-electron chi connectivity index (χ2n) is 2.92. The molecule has 1 rings (SSSR count). The maximum Gasteiger partial charge on any atom is 0.336 e. The summed E-state index contributed by atoms with van der Waals surface area (Å²) in [5.41, 5.74) is 0. The molecule has 3 N–H and O–H groups in total. The molecule has 5 atom stereocenters. The van der Waals surface area contributed by atoms with E-state index in [-0.39, 0.29) is 0 Å². The Hall–Kier alpha value is -0.760. The van der Waals surface area contributed by atoms with Crippen LogP contribution in [0.25, 0.3) is 0 Å². The van der Waals surface area contributed by atoms with Crippen molar-refractivity contribution in [2.24, 2.45) is 0 Å². The van der Waals surface area contributed by atoms with Crippen molar-refractivity contribution in [3.05, 3.63) is 0 Å². The fourth-order valence-corrected chi connectivity index (χ4v) is 1.22. The molecule has 1 aliphatic rings. The molecule has 0 aromatic rings. The van der Waals surface area contributed by atoms with E-state index in [9.17, 15) is 14.3 Å². The number of aliphatic hydroxyl groups excluding tert-OH is 2. The number of halogens is 1. The predicted molar refractivity (Wildman–Crippen MR) is 40.2 cm³/mol. The van der Waals surface area contributed by atoms with Crippen molar-refractivity contribution in [2.45, 2.75) is 30.8 Å². The van der Waals surface area contributed by atoms with E-state index in [4.69, 9.17) is 10.2 Å². The minimum absolute atomic E-state index is 1.15. The van der Waals surface area contributed by atoms with Gasteiger partial charge < -0.3 is 24.8 Å². The van der Waals surface area contributed by atoms with Gasteiger partial charge in [0.25, 0.3) is 0 Å². The summed E-state index contributed by atoms with van der Waals surface area (Å²) in [7, 11) is 1.15. The largest absolute Gasteiger partial charge is 0.479 e. The number of methoxy groups -OCH3 is 1. The third-order valence-corrected chi connectivity index (χ3v) is 2.00. The van der Waals surface area contributed by atoms with Gasteiger partial charge in [0.2, 0.25) is 0 Å². The van der Waals surface area contributed by atoms with E-state index < -0.39 is 36.7 Å². The van der Waals surface area contributed by atoms with Gasteiger partial charge in [0, 0.05) is 7.11 Å². The van der Waals surface area contributed by atoms with Gasteiger partial charge in [0.1, 0.15) is 12.2 Å². The third-order valence-electron chi connectivity index (χ3n) is 2.00. The van der Waals surface area contributed by atoms with E-state index in [0.717, 1.165) is 7.11 Å². The molecule has 0 aliphatic carbocycles. The second kappa shape index (κ2) is 4.18. The minimum atomic E-state index is -2.17. The van der Waals surface area contributed by atoms with Gasteiger partial charge in [0.15, 0.2) is 18.6 Å². The van der Waals surface area contributed by atoms with Gasteiger partial charge in [-0.3, -0.25) is 0 Å². The van der Waals surface area contributed by atoms with Gasteiger partial charge in [-0.05, 0) is 0 Å². The molecule has 0 aromatic heterocycles. The molecule has 0 aromatic carbocycles. The maximum atomic E-state index is 13.1. The molecular formula is C7H11FO6. The Morgan fingerprint density at radius 3 is 2.43 bits per heavy atom. The molecule has 82 valence electrons. The van der Waals surface area contributed by atoms with Gasteiger partial charge in [-0.1, -0.05) is 0 Å². The highest BCUT2D eigenvalue weighted by Gasteiger charge is 2.48. The Morgan fingerprint density at radius 1 is 1.43 bits per heavy atom. The lowest BCUT2D eigenvalue weighted by atomic mass is 10.0. The first-order valence-electron chi connectivity index (χ1n) is 3.90. The second-order valence-corrected chi connectivity index (χ2v) is 2.92. The van der Waals surface area contributed by atoms with Crippen molar-refractivity contribution in [1.82, 2.24) is 0 Å². The zero-order chi connectivity index (χ0) is 10.9. The molecule has 1 heterocycles. The number of alkyl halides is 1. The first-order chi connectivity index (χ1) is 6.49. The van der Waals surface area contributed by atoms with Crippen molar-refractivity contribution in [2.75, 3.05) is 7.11 Å². The SMILES string of the molecule is CO[C@@H]1O[C@H](C(=O)O)[C@@H](F)[C@H](O)[C@H]1O. The van der Waals surface area contributed by atoms with Gasteiger partial charge in [-0.15, -0.1) is 0 Å². The van der Waals surface area contributed by atoms with Crippen LogP contribution < -0.4 is 0 Å². The standard InChI is InChI=1S/C7H11FO6/c1-13-7-4(10)3(9)2(8)5(14-7)6(11)12/h2-5,7,9-10H,1H3,(H,11,12)/t2-,3-,4+,5-,7+/m0/s1. The summed E-state index contributed by atoms with van der Waals surface area (Å²) >= 11 is 0. The highest BCUT2D eigenvalue weighted by atomic mass is 19.1. The number of hydrogen-bond donors (Lipinski definition) is 3. The summed E-state index contributed by atoms with van der Waals surface area (Å²) in [5.74, 6) is -1.55. The molecule has 14 heavy (non-hydrogen) atoms. The predicted octanol–water partition coefficient (Wildman–Crippen LogP) is -1.50. The van der Waals surface area contributed by atoms with Gasteiger partial charge in [0.05, 0.1) is 0 Å². The molecule has 6 nitrogen and oxygen atoms in total. The van der Waals surface area contributed by atoms with Crippen LogP contribution in [-0.2, 0) is 14.3 Å². The quantitative estimate of drug-likeness (QED) is 0.513. The molecule has 7 heteroatoms. The van der Waals surface area contributed by atoms with Crippen molar-refractivity contribution >= 4 is 5.97 Å². The molecule has 1 saturated heterocycles. The summed E-state index contributed by atoms with van der Waals surface area (Å²) in [5, 5.41) is 26.8. The first kappa shape index (κ1) is 11.3. The number of carbonyl (C=O) groups is 1. The van der Waals surface area contributed by atoms with E-state index in [1.165, 1.54) is 0 Å². The van der Waals surface area contributed by atoms with Crippen molar-refractivity contribution in [3.8, 4) is 0 Å². The smallest absolute Gasteiger partial charge is 0.336 e. The van der Waals surface area contributed by atoms with Crippen molar-refractivity contribution in [1.29, 1.82) is 0 Å². The Bertz CT molecular complexity index is 220. The van der Waals surface area contributed by atoms with Crippen LogP contribution in [0.5, 0.6) is 0 Å². The van der Waals surface area contributed by atoms with Crippen LogP contribution >= 0.6 is 0 Å². The summed E-state index contributed by atoms with van der Waals surface area (Å²) in [6.07, 6.45) is -8.74. The monoisotopic (exact) mass is 210 g/mol. The zero-order valence-corrected chi connectivity index (χ0v) is 7.33. The number of ether oxygens (including phenoxy) is 2. The van der Waals surface area contributed by atoms with E-state index in [0.29, 0.717) is 0 Å². The van der Waals surface area contributed by atoms with Crippen LogP contribution in [0.3, 0.4) is 0 Å². The molecule has 0 amide bonds. The molecule has 0 unspecified atom stereocenters. The van der Waals surface area contributed by atoms with Crippen LogP contribution in [0.15, 0.2) is 0 Å². The van der Waals surface area contributed by atoms with Crippen molar-refractivity contribution < 1.29 is 34.0 Å². The highest BCUT2D eigenvalue weighted by molar-refractivity contribution is 5.73. The van der Waals surface area contributed by atoms with Crippen LogP contribution in [0.2, 0.25) is 0 Å². The Morgan fingerprint density at radius 2 is 2.00 bits per heavy atom. The average Bonchev–Trinajstić information content (AvgIpc) is 2.14. The fourth-order valence-electron chi connectivity index (χ4n) is 1.22. The van der Waals surface area contributed by atoms with E-state index in [1.54, 1.807) is 0 Å². The van der Waals surface area contributed by atoms with Gasteiger partial charge in [-0.2, -0.15) is 0 Å². The lowest BCUT2D eigenvalue weighted by Gasteiger charge is -2.36. The fraction of sp³-hybridized carbons (Fsp3) is 0.857. The summed E-state index contributed by atoms with van der Waals surface area (Å²) in [6.45, 7) is 0. The molecule has 0 bridgehead atoms. The van der Waals surface area contributed by atoms with Crippen molar-refractivity contribution in [3.63, 3.8) is 0 Å². The molecule has 0 radical (unpaired) electrons. The Kier molecular flexibility index (Phi) is 3.38. The Labute approximate surface area is 78.9 Å². The molecule has 1 fully saturated rings. The molecule has 0 saturated carbocycles. The molecular weight excluding hydrogens is 199 g/mol. The van der Waals surface area contributed by atoms with Gasteiger partial charge in [-0.25, -0.2) is 9.18 Å². The number of aliphatic hydroxyl groups is 2. The third kappa shape index (κ3) is 1.85. The van der Waals surface area contributed by atoms with Crippen LogP contribution in [-0.4, -0.2) is 59.2 Å². The van der Waals surface area contributed by atoms with E-state index >= 15 is 0 Å². The lowest BCUT2D eigenvalue weighted by Crippen LogP contribution is -2.58. The van der Waals surface area contributed by atoms with E-state index in [2.05, 4.69) is 9.47 Å². The zero-order valence-electron chi connectivity index (χ0n) is 7.33. The number of aliphatic carboxylic acids is 1. The number of hydrogen-bond acceptors (Lipinski definition) is 5. The lowest BCUT2D eigenvalue weighted by molar-refractivity contribution is -0.277. The van der Waals surface area contributed by atoms with Crippen LogP contribution in [0, 0.1) is 0 Å². The summed E-state index contributed by atoms with van der Waals surface area (Å²) < 4.78 is 22.2. The Balaban J connectivity index is 2.78. The topological polar surface area (TPSA) is 96.2 Å². The van der Waals surface area contributed by atoms with Gasteiger partial charge >= 0.3 is 5.97 Å². The molecule has 1 aliphatic heterocycles. The maximum absolute atomic E-state index is 13.1. The first-order valence-corrected chi connectivity index (χ1v) is 3.90. The number of rotatable bonds is 2. The van der Waals surface area contributed by atoms with Crippen LogP contribution in [0.4, 0.5) is 4.39 Å². The normalized spacial score (nSPS) is 43.6. The van der Waals surface area contributed by atoms with Crippen LogP contribution in [0.1, 0.15) is 0 Å². The average molecular weight is 210 g/mol. The minimum Gasteiger partial charge on any atom is -0.479 e. The van der Waals surface area contributed by atoms with E-state index in [1.807, 2.05) is 0 Å². The number of carboxylic acid groups (broad SMARTS) is 1. The highest BCUT2D eigenvalue weighted by Crippen LogP contribution is 2.23. The summed E-state index contributed by atoms with van der Waals surface area (Å²) in [6, 6.07) is 0. The molecule has 0 spiro atoms. The number of carboxylic acids is 1.